The number of amides is 2. The Kier molecular flexibility index (Phi) is 13.2. The van der Waals surface area contributed by atoms with Crippen LogP contribution < -0.4 is 15.1 Å². The van der Waals surface area contributed by atoms with Crippen LogP contribution in [0.4, 0.5) is 24.7 Å². The van der Waals surface area contributed by atoms with Gasteiger partial charge in [0.2, 0.25) is 5.82 Å². The smallest absolute Gasteiger partial charge is 0.416 e. The molecule has 0 spiro atoms. The number of alkyl halides is 3. The maximum absolute atomic E-state index is 13.2. The molecular formula is C54H48F3N4O6+. The van der Waals surface area contributed by atoms with Crippen molar-refractivity contribution in [3.8, 4) is 11.1 Å². The van der Waals surface area contributed by atoms with Crippen LogP contribution in [0.3, 0.4) is 0 Å². The van der Waals surface area contributed by atoms with Crippen LogP contribution in [0.25, 0.3) is 27.6 Å². The van der Waals surface area contributed by atoms with E-state index in [1.165, 1.54) is 0 Å². The summed E-state index contributed by atoms with van der Waals surface area (Å²) in [7, 11) is 0. The summed E-state index contributed by atoms with van der Waals surface area (Å²) in [5.41, 5.74) is 6.62. The molecule has 2 heterocycles. The minimum Gasteiger partial charge on any atom is -0.478 e. The molecule has 0 saturated heterocycles. The number of carbonyl (C=O) groups excluding carboxylic acids is 2. The summed E-state index contributed by atoms with van der Waals surface area (Å²) >= 11 is 0. The van der Waals surface area contributed by atoms with Gasteiger partial charge in [0.15, 0.2) is 5.69 Å². The zero-order valence-corrected chi connectivity index (χ0v) is 36.6. The first kappa shape index (κ1) is 45.8. The molecule has 1 aromatic heterocycles. The van der Waals surface area contributed by atoms with Crippen molar-refractivity contribution < 1.29 is 42.6 Å². The van der Waals surface area contributed by atoms with Crippen LogP contribution in [0.2, 0.25) is 0 Å². The second-order valence-corrected chi connectivity index (χ2v) is 16.7. The second kappa shape index (κ2) is 19.4. The Balaban J connectivity index is 1.24. The van der Waals surface area contributed by atoms with E-state index in [2.05, 4.69) is 21.4 Å². The van der Waals surface area contributed by atoms with Crippen LogP contribution in [0.5, 0.6) is 0 Å². The minimum atomic E-state index is -4.54. The van der Waals surface area contributed by atoms with E-state index in [-0.39, 0.29) is 33.6 Å². The second-order valence-electron chi connectivity index (χ2n) is 16.7. The molecule has 1 aliphatic heterocycles. The predicted octanol–water partition coefficient (Wildman–Crippen LogP) is 11.5. The highest BCUT2D eigenvalue weighted by atomic mass is 19.4. The number of carboxylic acid groups (broad SMARTS) is 2. The number of aryl methyl sites for hydroxylation is 2. The van der Waals surface area contributed by atoms with Crippen molar-refractivity contribution in [2.24, 2.45) is 0 Å². The van der Waals surface area contributed by atoms with Crippen molar-refractivity contribution in [3.05, 3.63) is 196 Å². The number of unbranched alkanes of at least 4 members (excludes halogenated alkanes) is 2. The number of halogens is 3. The topological polar surface area (TPSA) is 138 Å². The monoisotopic (exact) mass is 905 g/mol. The molecule has 7 aromatic rings. The summed E-state index contributed by atoms with van der Waals surface area (Å²) in [6, 6.07) is 41.1. The van der Waals surface area contributed by atoms with Crippen molar-refractivity contribution in [1.82, 2.24) is 19.7 Å². The van der Waals surface area contributed by atoms with Gasteiger partial charge >= 0.3 is 18.1 Å². The first-order chi connectivity index (χ1) is 32.2. The molecule has 0 bridgehead atoms. The molecule has 0 aliphatic carbocycles. The number of aromatic carboxylic acids is 2. The summed E-state index contributed by atoms with van der Waals surface area (Å²) in [4.78, 5) is 51.6. The number of benzene rings is 6. The normalized spacial score (nSPS) is 14.4. The van der Waals surface area contributed by atoms with Crippen molar-refractivity contribution in [2.75, 3.05) is 19.6 Å². The Labute approximate surface area is 385 Å². The quantitative estimate of drug-likeness (QED) is 0.0530. The van der Waals surface area contributed by atoms with E-state index in [1.807, 2.05) is 91.9 Å². The Morgan fingerprint density at radius 2 is 1.15 bits per heavy atom. The standard InChI is InChI=1S/C54H47F3N4O6/c1-35-16-18-38(19-17-35)49(62)58-28-8-10-30-60-46-32-40(52(64)65)23-27-44(46)48(37-14-6-3-7-15-37)51(60)61(31-11-9-29-59-50(63)39-20-24-42(25-21-39)54(55,56)57)34-45(36-12-4-2-5-13-36)43-26-22-41(53(66)67)33-47(43)61/h2-7,12-27,32-34H,8-11,28-31H2,1H3,(H3-,58,59,62,63,64,65,66,67)/p+1. The Bertz CT molecular complexity index is 3000. The summed E-state index contributed by atoms with van der Waals surface area (Å²) < 4.78 is 41.8. The predicted molar refractivity (Wildman–Crippen MR) is 253 cm³/mol. The average Bonchev–Trinajstić information content (AvgIpc) is 3.84. The molecule has 10 nitrogen and oxygen atoms in total. The van der Waals surface area contributed by atoms with E-state index in [0.29, 0.717) is 62.1 Å². The molecule has 6 aromatic carbocycles. The van der Waals surface area contributed by atoms with Gasteiger partial charge in [-0.3, -0.25) is 14.2 Å². The Morgan fingerprint density at radius 1 is 0.612 bits per heavy atom. The zero-order valence-electron chi connectivity index (χ0n) is 36.6. The van der Waals surface area contributed by atoms with Crippen LogP contribution >= 0.6 is 0 Å². The summed E-state index contributed by atoms with van der Waals surface area (Å²) in [6.45, 7) is 3.29. The number of rotatable bonds is 17. The SMILES string of the molecule is Cc1ccc(C(=O)NCCCCn2c([N+]3(CCCCNC(=O)c4ccc(C(F)(F)F)cc4)C=C(c4ccccc4)c4ccc(C(=O)O)cc43)c(-c3ccccc3)c3ccc(C(=O)O)cc32)cc1. The number of nitrogens with zero attached hydrogens (tertiary/aromatic N) is 2. The van der Waals surface area contributed by atoms with Gasteiger partial charge in [-0.05, 0) is 104 Å². The van der Waals surface area contributed by atoms with Crippen LogP contribution in [0, 0.1) is 6.92 Å². The number of carboxylic acids is 2. The van der Waals surface area contributed by atoms with Gasteiger partial charge in [0.05, 0.1) is 34.3 Å². The van der Waals surface area contributed by atoms with Gasteiger partial charge in [-0.15, -0.1) is 0 Å². The zero-order chi connectivity index (χ0) is 47.3. The lowest BCUT2D eigenvalue weighted by molar-refractivity contribution is -0.137. The number of carbonyl (C=O) groups is 4. The number of hydrogen-bond acceptors (Lipinski definition) is 4. The van der Waals surface area contributed by atoms with Crippen molar-refractivity contribution >= 4 is 51.7 Å². The summed E-state index contributed by atoms with van der Waals surface area (Å²) in [5.74, 6) is -2.13. The highest BCUT2D eigenvalue weighted by Gasteiger charge is 2.46. The molecule has 8 rings (SSSR count). The Morgan fingerprint density at radius 3 is 1.75 bits per heavy atom. The lowest BCUT2D eigenvalue weighted by atomic mass is 9.98. The molecule has 340 valence electrons. The number of nitrogens with one attached hydrogen (secondary N) is 2. The average molecular weight is 906 g/mol. The van der Waals surface area contributed by atoms with E-state index in [0.717, 1.165) is 68.9 Å². The fraction of sp³-hybridized carbons (Fsp3) is 0.185. The van der Waals surface area contributed by atoms with Gasteiger partial charge in [0, 0.05) is 53.4 Å². The maximum atomic E-state index is 13.2. The van der Waals surface area contributed by atoms with E-state index >= 15 is 0 Å². The molecule has 1 atom stereocenters. The minimum absolute atomic E-state index is 0.0129. The first-order valence-corrected chi connectivity index (χ1v) is 22.1. The summed E-state index contributed by atoms with van der Waals surface area (Å²) in [5, 5.41) is 27.4. The molecule has 0 fully saturated rings. The van der Waals surface area contributed by atoms with Crippen LogP contribution in [0.1, 0.15) is 89.4 Å². The third-order valence-corrected chi connectivity index (χ3v) is 12.2. The first-order valence-electron chi connectivity index (χ1n) is 22.1. The van der Waals surface area contributed by atoms with E-state index < -0.39 is 29.6 Å². The third kappa shape index (κ3) is 9.64. The lowest BCUT2D eigenvalue weighted by Crippen LogP contribution is -2.41. The van der Waals surface area contributed by atoms with Crippen LogP contribution in [-0.4, -0.2) is 58.2 Å². The molecule has 4 N–H and O–H groups in total. The van der Waals surface area contributed by atoms with Crippen LogP contribution in [-0.2, 0) is 12.7 Å². The van der Waals surface area contributed by atoms with Gasteiger partial charge in [-0.25, -0.2) is 14.1 Å². The molecule has 67 heavy (non-hydrogen) atoms. The highest BCUT2D eigenvalue weighted by molar-refractivity contribution is 6.08. The van der Waals surface area contributed by atoms with Gasteiger partial charge < -0.3 is 20.8 Å². The molecule has 13 heteroatoms. The van der Waals surface area contributed by atoms with E-state index in [9.17, 15) is 42.6 Å². The Hall–Kier alpha value is -7.77. The van der Waals surface area contributed by atoms with Gasteiger partial charge in [0.25, 0.3) is 11.8 Å². The molecule has 1 aliphatic rings. The largest absolute Gasteiger partial charge is 0.478 e. The van der Waals surface area contributed by atoms with Gasteiger partial charge in [0.1, 0.15) is 6.20 Å². The molecular weight excluding hydrogens is 858 g/mol. The number of quaternary nitrogens is 1. The molecule has 0 radical (unpaired) electrons. The summed E-state index contributed by atoms with van der Waals surface area (Å²) in [6.07, 6.45) is -0.317. The maximum Gasteiger partial charge on any atom is 0.416 e. The lowest BCUT2D eigenvalue weighted by Gasteiger charge is -2.34. The number of hydrogen-bond donors (Lipinski definition) is 4. The molecule has 1 unspecified atom stereocenters. The molecule has 2 amide bonds. The molecule has 0 saturated carbocycles. The van der Waals surface area contributed by atoms with Crippen LogP contribution in [0.15, 0.2) is 152 Å². The fourth-order valence-electron chi connectivity index (χ4n) is 8.90. The van der Waals surface area contributed by atoms with Crippen molar-refractivity contribution in [1.29, 1.82) is 0 Å². The number of aromatic nitrogens is 1. The third-order valence-electron chi connectivity index (χ3n) is 12.2. The van der Waals surface area contributed by atoms with E-state index in [1.54, 1.807) is 36.4 Å². The van der Waals surface area contributed by atoms with Crippen molar-refractivity contribution in [3.63, 3.8) is 0 Å². The highest BCUT2D eigenvalue weighted by Crippen LogP contribution is 2.54. The van der Waals surface area contributed by atoms with Gasteiger partial charge in [-0.1, -0.05) is 84.4 Å². The fourth-order valence-corrected chi connectivity index (χ4v) is 8.90. The van der Waals surface area contributed by atoms with Crippen molar-refractivity contribution in [2.45, 2.75) is 45.3 Å². The van der Waals surface area contributed by atoms with E-state index in [4.69, 9.17) is 0 Å². The van der Waals surface area contributed by atoms with Gasteiger partial charge in [-0.2, -0.15) is 13.2 Å². The number of fused-ring (bicyclic) bond motifs is 2.